The number of rotatable bonds is 1. The highest BCUT2D eigenvalue weighted by Gasteiger charge is 2.04. The quantitative estimate of drug-likeness (QED) is 0.701. The second-order valence-corrected chi connectivity index (χ2v) is 2.80. The number of nitrogens with zero attached hydrogens (tertiary/aromatic N) is 3. The van der Waals surface area contributed by atoms with Crippen molar-refractivity contribution in [1.82, 2.24) is 14.8 Å². The van der Waals surface area contributed by atoms with Gasteiger partial charge in [0.1, 0.15) is 0 Å². The zero-order valence-electron chi connectivity index (χ0n) is 6.48. The number of hydrogen-bond donors (Lipinski definition) is 0. The first-order valence-electron chi connectivity index (χ1n) is 3.59. The van der Waals surface area contributed by atoms with Crippen LogP contribution in [0.1, 0.15) is 0 Å². The van der Waals surface area contributed by atoms with Gasteiger partial charge in [-0.15, -0.1) is 5.10 Å². The lowest BCUT2D eigenvalue weighted by Crippen LogP contribution is -1.98. The van der Waals surface area contributed by atoms with E-state index >= 15 is 0 Å². The van der Waals surface area contributed by atoms with Gasteiger partial charge in [0, 0.05) is 18.5 Å². The van der Waals surface area contributed by atoms with Crippen LogP contribution >= 0.6 is 11.6 Å². The maximum atomic E-state index is 12.5. The van der Waals surface area contributed by atoms with Crippen molar-refractivity contribution in [1.29, 1.82) is 0 Å². The minimum absolute atomic E-state index is 0.424. The SMILES string of the molecule is Fc1ccn(-c2ncccc2Cl)n1. The Morgan fingerprint density at radius 3 is 2.85 bits per heavy atom. The van der Waals surface area contributed by atoms with Crippen LogP contribution in [-0.2, 0) is 0 Å². The molecule has 0 aliphatic rings. The highest BCUT2D eigenvalue weighted by molar-refractivity contribution is 6.32. The van der Waals surface area contributed by atoms with Crippen LogP contribution in [0.3, 0.4) is 0 Å². The second kappa shape index (κ2) is 3.14. The number of aromatic nitrogens is 3. The predicted molar refractivity (Wildman–Crippen MR) is 46.3 cm³/mol. The van der Waals surface area contributed by atoms with Gasteiger partial charge < -0.3 is 0 Å². The normalized spacial score (nSPS) is 10.3. The van der Waals surface area contributed by atoms with Crippen LogP contribution in [-0.4, -0.2) is 14.8 Å². The average molecular weight is 198 g/mol. The van der Waals surface area contributed by atoms with Crippen molar-refractivity contribution in [2.45, 2.75) is 0 Å². The van der Waals surface area contributed by atoms with Crippen LogP contribution in [0.25, 0.3) is 5.82 Å². The number of hydrogen-bond acceptors (Lipinski definition) is 2. The zero-order valence-corrected chi connectivity index (χ0v) is 7.24. The summed E-state index contributed by atoms with van der Waals surface area (Å²) >= 11 is 5.82. The Balaban J connectivity index is 2.52. The van der Waals surface area contributed by atoms with Gasteiger partial charge in [0.05, 0.1) is 5.02 Å². The lowest BCUT2D eigenvalue weighted by atomic mass is 10.4. The van der Waals surface area contributed by atoms with Crippen molar-refractivity contribution in [3.63, 3.8) is 0 Å². The molecule has 2 aromatic heterocycles. The third kappa shape index (κ3) is 1.53. The third-order valence-electron chi connectivity index (χ3n) is 1.51. The van der Waals surface area contributed by atoms with E-state index in [4.69, 9.17) is 11.6 Å². The summed E-state index contributed by atoms with van der Waals surface area (Å²) in [5, 5.41) is 3.98. The molecule has 0 spiro atoms. The molecule has 0 radical (unpaired) electrons. The molecule has 0 atom stereocenters. The molecular formula is C8H5ClFN3. The fourth-order valence-corrected chi connectivity index (χ4v) is 1.17. The summed E-state index contributed by atoms with van der Waals surface area (Å²) in [6.45, 7) is 0. The molecule has 0 unspecified atom stereocenters. The van der Waals surface area contributed by atoms with E-state index in [1.54, 1.807) is 18.3 Å². The van der Waals surface area contributed by atoms with E-state index in [9.17, 15) is 4.39 Å². The van der Waals surface area contributed by atoms with Gasteiger partial charge in [0.25, 0.3) is 0 Å². The monoisotopic (exact) mass is 197 g/mol. The molecule has 2 rings (SSSR count). The van der Waals surface area contributed by atoms with E-state index < -0.39 is 5.95 Å². The molecule has 0 N–H and O–H groups in total. The van der Waals surface area contributed by atoms with E-state index in [2.05, 4.69) is 10.1 Å². The van der Waals surface area contributed by atoms with Gasteiger partial charge in [-0.2, -0.15) is 4.39 Å². The molecule has 0 bridgehead atoms. The smallest absolute Gasteiger partial charge is 0.233 e. The summed E-state index contributed by atoms with van der Waals surface area (Å²) in [5.41, 5.74) is 0. The first-order chi connectivity index (χ1) is 6.27. The summed E-state index contributed by atoms with van der Waals surface area (Å²) in [5.74, 6) is -0.130. The lowest BCUT2D eigenvalue weighted by molar-refractivity contribution is 0.564. The summed E-state index contributed by atoms with van der Waals surface area (Å²) in [6, 6.07) is 4.61. The summed E-state index contributed by atoms with van der Waals surface area (Å²) in [6.07, 6.45) is 3.03. The summed E-state index contributed by atoms with van der Waals surface area (Å²) < 4.78 is 13.8. The van der Waals surface area contributed by atoms with Crippen molar-refractivity contribution in [3.8, 4) is 5.82 Å². The van der Waals surface area contributed by atoms with Crippen LogP contribution < -0.4 is 0 Å². The summed E-state index contributed by atoms with van der Waals surface area (Å²) in [7, 11) is 0. The molecule has 0 aliphatic heterocycles. The molecule has 0 amide bonds. The van der Waals surface area contributed by atoms with Crippen LogP contribution in [0, 0.1) is 5.95 Å². The maximum Gasteiger partial charge on any atom is 0.233 e. The number of pyridine rings is 1. The van der Waals surface area contributed by atoms with Gasteiger partial charge in [-0.05, 0) is 12.1 Å². The standard InChI is InChI=1S/C8H5ClFN3/c9-6-2-1-4-11-8(6)13-5-3-7(10)12-13/h1-5H. The van der Waals surface area contributed by atoms with E-state index in [0.717, 1.165) is 0 Å². The number of halogens is 2. The Kier molecular flexibility index (Phi) is 1.98. The molecule has 0 aliphatic carbocycles. The van der Waals surface area contributed by atoms with Gasteiger partial charge in [0.2, 0.25) is 5.95 Å². The maximum absolute atomic E-state index is 12.5. The van der Waals surface area contributed by atoms with Crippen LogP contribution in [0.2, 0.25) is 5.02 Å². The van der Waals surface area contributed by atoms with Crippen LogP contribution in [0.4, 0.5) is 4.39 Å². The molecule has 66 valence electrons. The van der Waals surface area contributed by atoms with Crippen molar-refractivity contribution >= 4 is 11.6 Å². The molecule has 13 heavy (non-hydrogen) atoms. The van der Waals surface area contributed by atoms with Gasteiger partial charge >= 0.3 is 0 Å². The van der Waals surface area contributed by atoms with E-state index in [1.165, 1.54) is 16.9 Å². The van der Waals surface area contributed by atoms with E-state index in [1.807, 2.05) is 0 Å². The first-order valence-corrected chi connectivity index (χ1v) is 3.97. The fourth-order valence-electron chi connectivity index (χ4n) is 0.966. The van der Waals surface area contributed by atoms with Gasteiger partial charge in [-0.1, -0.05) is 11.6 Å². The van der Waals surface area contributed by atoms with Gasteiger partial charge in [0.15, 0.2) is 5.82 Å². The molecule has 0 saturated heterocycles. The van der Waals surface area contributed by atoms with Crippen LogP contribution in [0.15, 0.2) is 30.6 Å². The Labute approximate surface area is 78.8 Å². The Morgan fingerprint density at radius 1 is 1.38 bits per heavy atom. The molecule has 5 heteroatoms. The van der Waals surface area contributed by atoms with Crippen LogP contribution in [0.5, 0.6) is 0 Å². The van der Waals surface area contributed by atoms with Crippen molar-refractivity contribution in [3.05, 3.63) is 41.6 Å². The highest BCUT2D eigenvalue weighted by atomic mass is 35.5. The Hall–Kier alpha value is -1.42. The molecular weight excluding hydrogens is 193 g/mol. The van der Waals surface area contributed by atoms with E-state index in [0.29, 0.717) is 10.8 Å². The third-order valence-corrected chi connectivity index (χ3v) is 1.81. The lowest BCUT2D eigenvalue weighted by Gasteiger charge is -2.00. The fraction of sp³-hybridized carbons (Fsp3) is 0. The largest absolute Gasteiger partial charge is 0.236 e. The minimum atomic E-state index is -0.554. The molecule has 2 heterocycles. The zero-order chi connectivity index (χ0) is 9.26. The molecule has 2 aromatic rings. The first kappa shape index (κ1) is 8.19. The topological polar surface area (TPSA) is 30.7 Å². The highest BCUT2D eigenvalue weighted by Crippen LogP contribution is 2.15. The Bertz CT molecular complexity index is 427. The molecule has 0 saturated carbocycles. The minimum Gasteiger partial charge on any atom is -0.236 e. The van der Waals surface area contributed by atoms with Gasteiger partial charge in [-0.3, -0.25) is 0 Å². The Morgan fingerprint density at radius 2 is 2.23 bits per heavy atom. The van der Waals surface area contributed by atoms with Crippen molar-refractivity contribution in [2.75, 3.05) is 0 Å². The average Bonchev–Trinajstić information content (AvgIpc) is 2.53. The molecule has 0 aromatic carbocycles. The van der Waals surface area contributed by atoms with E-state index in [-0.39, 0.29) is 0 Å². The summed E-state index contributed by atoms with van der Waals surface area (Å²) in [4.78, 5) is 3.96. The van der Waals surface area contributed by atoms with Crippen molar-refractivity contribution < 1.29 is 4.39 Å². The molecule has 0 fully saturated rings. The molecule has 3 nitrogen and oxygen atoms in total. The predicted octanol–water partition coefficient (Wildman–Crippen LogP) is 2.06. The van der Waals surface area contributed by atoms with Crippen molar-refractivity contribution in [2.24, 2.45) is 0 Å². The second-order valence-electron chi connectivity index (χ2n) is 2.39. The van der Waals surface area contributed by atoms with Gasteiger partial charge in [-0.25, -0.2) is 9.67 Å².